The molecule has 0 bridgehead atoms. The number of phenols is 1. The Morgan fingerprint density at radius 2 is 2.00 bits per heavy atom. The van der Waals surface area contributed by atoms with Gasteiger partial charge in [-0.25, -0.2) is 0 Å². The molecule has 14 heavy (non-hydrogen) atoms. The Balaban J connectivity index is 2.73. The molecule has 2 aromatic rings. The van der Waals surface area contributed by atoms with Crippen molar-refractivity contribution >= 4 is 10.9 Å². The molecule has 1 unspecified atom stereocenters. The predicted octanol–water partition coefficient (Wildman–Crippen LogP) is 1.94. The first kappa shape index (κ1) is 9.09. The van der Waals surface area contributed by atoms with Crippen LogP contribution in [0.15, 0.2) is 24.3 Å². The molecule has 74 valence electrons. The highest BCUT2D eigenvalue weighted by atomic mass is 16.3. The summed E-state index contributed by atoms with van der Waals surface area (Å²) in [7, 11) is 1.90. The minimum atomic E-state index is -0.491. The Morgan fingerprint density at radius 3 is 2.64 bits per heavy atom. The molecule has 0 aliphatic rings. The average molecular weight is 191 g/mol. The number of aliphatic hydroxyl groups is 1. The normalized spacial score (nSPS) is 13.4. The van der Waals surface area contributed by atoms with E-state index >= 15 is 0 Å². The Kier molecular flexibility index (Phi) is 1.97. The predicted molar refractivity (Wildman–Crippen MR) is 55.2 cm³/mol. The van der Waals surface area contributed by atoms with Crippen LogP contribution >= 0.6 is 0 Å². The summed E-state index contributed by atoms with van der Waals surface area (Å²) < 4.78 is 1.93. The van der Waals surface area contributed by atoms with Gasteiger partial charge >= 0.3 is 0 Å². The standard InChI is InChI=1S/C11H13NO2/c1-7(13)11-6-8-5-9(14)3-4-10(8)12(11)2/h3-7,13-14H,1-2H3. The number of aryl methyl sites for hydroxylation is 1. The zero-order chi connectivity index (χ0) is 10.3. The molecule has 0 amide bonds. The van der Waals surface area contributed by atoms with E-state index in [1.807, 2.05) is 23.7 Å². The van der Waals surface area contributed by atoms with Crippen molar-refractivity contribution in [3.63, 3.8) is 0 Å². The summed E-state index contributed by atoms with van der Waals surface area (Å²) in [6.45, 7) is 1.73. The molecule has 0 fully saturated rings. The lowest BCUT2D eigenvalue weighted by Crippen LogP contribution is -1.99. The van der Waals surface area contributed by atoms with Crippen LogP contribution < -0.4 is 0 Å². The minimum absolute atomic E-state index is 0.250. The van der Waals surface area contributed by atoms with Gasteiger partial charge in [-0.05, 0) is 31.2 Å². The first-order chi connectivity index (χ1) is 6.59. The van der Waals surface area contributed by atoms with Crippen LogP contribution in [0, 0.1) is 0 Å². The number of phenolic OH excluding ortho intramolecular Hbond substituents is 1. The molecule has 0 radical (unpaired) electrons. The van der Waals surface area contributed by atoms with Crippen LogP contribution in [0.2, 0.25) is 0 Å². The van der Waals surface area contributed by atoms with Crippen LogP contribution in [-0.4, -0.2) is 14.8 Å². The van der Waals surface area contributed by atoms with E-state index < -0.39 is 6.10 Å². The fourth-order valence-electron chi connectivity index (χ4n) is 1.76. The average Bonchev–Trinajstić information content (AvgIpc) is 2.43. The van der Waals surface area contributed by atoms with Gasteiger partial charge in [0.1, 0.15) is 5.75 Å². The van der Waals surface area contributed by atoms with Crippen LogP contribution in [0.5, 0.6) is 5.75 Å². The van der Waals surface area contributed by atoms with Crippen molar-refractivity contribution in [3.05, 3.63) is 30.0 Å². The van der Waals surface area contributed by atoms with Crippen molar-refractivity contribution in [1.82, 2.24) is 4.57 Å². The quantitative estimate of drug-likeness (QED) is 0.723. The smallest absolute Gasteiger partial charge is 0.116 e. The maximum absolute atomic E-state index is 9.49. The molecule has 1 aromatic heterocycles. The molecule has 1 aromatic carbocycles. The van der Waals surface area contributed by atoms with Crippen LogP contribution in [0.1, 0.15) is 18.7 Å². The topological polar surface area (TPSA) is 45.4 Å². The lowest BCUT2D eigenvalue weighted by molar-refractivity contribution is 0.191. The Morgan fingerprint density at radius 1 is 1.29 bits per heavy atom. The molecule has 2 N–H and O–H groups in total. The number of hydrogen-bond acceptors (Lipinski definition) is 2. The molecule has 1 heterocycles. The highest BCUT2D eigenvalue weighted by molar-refractivity contribution is 5.82. The molecule has 2 rings (SSSR count). The summed E-state index contributed by atoms with van der Waals surface area (Å²) in [6, 6.07) is 7.08. The van der Waals surface area contributed by atoms with E-state index in [1.165, 1.54) is 0 Å². The maximum atomic E-state index is 9.49. The summed E-state index contributed by atoms with van der Waals surface area (Å²) in [5.74, 6) is 0.250. The maximum Gasteiger partial charge on any atom is 0.116 e. The first-order valence-corrected chi connectivity index (χ1v) is 4.56. The molecule has 1 atom stereocenters. The van der Waals surface area contributed by atoms with Gasteiger partial charge in [-0.3, -0.25) is 0 Å². The van der Waals surface area contributed by atoms with Crippen LogP contribution in [0.4, 0.5) is 0 Å². The van der Waals surface area contributed by atoms with Crippen molar-refractivity contribution in [2.45, 2.75) is 13.0 Å². The Bertz CT molecular complexity index is 471. The fourth-order valence-corrected chi connectivity index (χ4v) is 1.76. The second kappa shape index (κ2) is 3.03. The van der Waals surface area contributed by atoms with E-state index in [0.29, 0.717) is 0 Å². The third-order valence-corrected chi connectivity index (χ3v) is 2.49. The molecular weight excluding hydrogens is 178 g/mol. The van der Waals surface area contributed by atoms with E-state index in [0.717, 1.165) is 16.6 Å². The number of fused-ring (bicyclic) bond motifs is 1. The second-order valence-corrected chi connectivity index (χ2v) is 3.55. The Hall–Kier alpha value is -1.48. The number of hydrogen-bond donors (Lipinski definition) is 2. The first-order valence-electron chi connectivity index (χ1n) is 4.56. The lowest BCUT2D eigenvalue weighted by atomic mass is 10.2. The van der Waals surface area contributed by atoms with Crippen LogP contribution in [-0.2, 0) is 7.05 Å². The highest BCUT2D eigenvalue weighted by Crippen LogP contribution is 2.25. The van der Waals surface area contributed by atoms with Gasteiger partial charge in [-0.1, -0.05) is 0 Å². The van der Waals surface area contributed by atoms with E-state index in [4.69, 9.17) is 0 Å². The summed E-state index contributed by atoms with van der Waals surface area (Å²) in [6.07, 6.45) is -0.491. The second-order valence-electron chi connectivity index (χ2n) is 3.55. The third kappa shape index (κ3) is 1.26. The lowest BCUT2D eigenvalue weighted by Gasteiger charge is -2.05. The zero-order valence-corrected chi connectivity index (χ0v) is 8.23. The molecule has 0 saturated carbocycles. The molecule has 0 aliphatic heterocycles. The van der Waals surface area contributed by atoms with Gasteiger partial charge in [-0.15, -0.1) is 0 Å². The van der Waals surface area contributed by atoms with Crippen molar-refractivity contribution < 1.29 is 10.2 Å². The van der Waals surface area contributed by atoms with Gasteiger partial charge in [0.15, 0.2) is 0 Å². The van der Waals surface area contributed by atoms with Crippen molar-refractivity contribution in [2.75, 3.05) is 0 Å². The number of rotatable bonds is 1. The third-order valence-electron chi connectivity index (χ3n) is 2.49. The van der Waals surface area contributed by atoms with E-state index in [2.05, 4.69) is 0 Å². The van der Waals surface area contributed by atoms with Gasteiger partial charge in [0.05, 0.1) is 6.10 Å². The highest BCUT2D eigenvalue weighted by Gasteiger charge is 2.09. The Labute approximate surface area is 82.2 Å². The number of aliphatic hydroxyl groups excluding tert-OH is 1. The summed E-state index contributed by atoms with van der Waals surface area (Å²) in [5.41, 5.74) is 1.87. The molecule has 0 saturated heterocycles. The number of aromatic nitrogens is 1. The molecule has 0 spiro atoms. The molecule has 3 heteroatoms. The molecule has 3 nitrogen and oxygen atoms in total. The minimum Gasteiger partial charge on any atom is -0.508 e. The summed E-state index contributed by atoms with van der Waals surface area (Å²) in [4.78, 5) is 0. The number of benzene rings is 1. The van der Waals surface area contributed by atoms with Crippen LogP contribution in [0.25, 0.3) is 10.9 Å². The fraction of sp³-hybridized carbons (Fsp3) is 0.273. The van der Waals surface area contributed by atoms with E-state index in [9.17, 15) is 10.2 Å². The number of nitrogens with zero attached hydrogens (tertiary/aromatic N) is 1. The number of aromatic hydroxyl groups is 1. The van der Waals surface area contributed by atoms with Crippen molar-refractivity contribution in [1.29, 1.82) is 0 Å². The van der Waals surface area contributed by atoms with Crippen molar-refractivity contribution in [2.24, 2.45) is 7.05 Å². The molecule has 0 aliphatic carbocycles. The SMILES string of the molecule is CC(O)c1cc2cc(O)ccc2n1C. The molecular formula is C11H13NO2. The van der Waals surface area contributed by atoms with Gasteiger partial charge < -0.3 is 14.8 Å². The van der Waals surface area contributed by atoms with Crippen LogP contribution in [0.3, 0.4) is 0 Å². The monoisotopic (exact) mass is 191 g/mol. The van der Waals surface area contributed by atoms with Crippen molar-refractivity contribution in [3.8, 4) is 5.75 Å². The zero-order valence-electron chi connectivity index (χ0n) is 8.23. The van der Waals surface area contributed by atoms with Gasteiger partial charge in [0.2, 0.25) is 0 Å². The van der Waals surface area contributed by atoms with Gasteiger partial charge in [0, 0.05) is 23.6 Å². The van der Waals surface area contributed by atoms with E-state index in [-0.39, 0.29) is 5.75 Å². The summed E-state index contributed by atoms with van der Waals surface area (Å²) in [5, 5.41) is 19.7. The summed E-state index contributed by atoms with van der Waals surface area (Å²) >= 11 is 0. The van der Waals surface area contributed by atoms with Gasteiger partial charge in [0.25, 0.3) is 0 Å². The van der Waals surface area contributed by atoms with Gasteiger partial charge in [-0.2, -0.15) is 0 Å². The van der Waals surface area contributed by atoms with E-state index in [1.54, 1.807) is 19.1 Å². The largest absolute Gasteiger partial charge is 0.508 e.